The molecule has 0 saturated heterocycles. The van der Waals surface area contributed by atoms with Gasteiger partial charge in [0.05, 0.1) is 24.5 Å². The molecular weight excluding hydrogens is 248 g/mol. The van der Waals surface area contributed by atoms with Gasteiger partial charge in [0.1, 0.15) is 0 Å². The van der Waals surface area contributed by atoms with E-state index in [9.17, 15) is 0 Å². The predicted octanol–water partition coefficient (Wildman–Crippen LogP) is 3.12. The molecule has 0 saturated carbocycles. The highest BCUT2D eigenvalue weighted by molar-refractivity contribution is 5.63. The van der Waals surface area contributed by atoms with Crippen molar-refractivity contribution < 1.29 is 0 Å². The Balaban J connectivity index is 2.22. The number of aromatic amines is 1. The molecule has 0 aliphatic heterocycles. The van der Waals surface area contributed by atoms with Crippen molar-refractivity contribution >= 4 is 0 Å². The number of benzene rings is 1. The molecule has 0 aliphatic rings. The first-order valence-corrected chi connectivity index (χ1v) is 6.93. The van der Waals surface area contributed by atoms with E-state index >= 15 is 0 Å². The van der Waals surface area contributed by atoms with Gasteiger partial charge < -0.3 is 0 Å². The Bertz CT molecular complexity index is 595. The molecule has 0 bridgehead atoms. The van der Waals surface area contributed by atoms with Crippen LogP contribution in [0.15, 0.2) is 30.5 Å². The van der Waals surface area contributed by atoms with E-state index in [2.05, 4.69) is 53.2 Å². The van der Waals surface area contributed by atoms with Crippen molar-refractivity contribution in [2.45, 2.75) is 26.8 Å². The standard InChI is InChI=1S/C16H20N4/c1-3-8-20(9-7-17)12-15-11-18-19-16(15)14-6-4-5-13(2)10-14/h4-6,10-11H,3,8-9,12H2,1-2H3,(H,18,19). The lowest BCUT2D eigenvalue weighted by molar-refractivity contribution is 0.299. The Morgan fingerprint density at radius 1 is 1.40 bits per heavy atom. The lowest BCUT2D eigenvalue weighted by Gasteiger charge is -2.18. The van der Waals surface area contributed by atoms with Gasteiger partial charge >= 0.3 is 0 Å². The summed E-state index contributed by atoms with van der Waals surface area (Å²) < 4.78 is 0. The number of H-pyrrole nitrogens is 1. The largest absolute Gasteiger partial charge is 0.286 e. The van der Waals surface area contributed by atoms with Gasteiger partial charge in [0, 0.05) is 17.7 Å². The van der Waals surface area contributed by atoms with Crippen molar-refractivity contribution in [3.63, 3.8) is 0 Å². The van der Waals surface area contributed by atoms with Crippen molar-refractivity contribution in [2.75, 3.05) is 13.1 Å². The summed E-state index contributed by atoms with van der Waals surface area (Å²) in [5.41, 5.74) is 4.56. The number of nitriles is 1. The molecule has 1 aromatic carbocycles. The molecule has 0 atom stereocenters. The fourth-order valence-corrected chi connectivity index (χ4v) is 2.35. The topological polar surface area (TPSA) is 55.7 Å². The van der Waals surface area contributed by atoms with E-state index < -0.39 is 0 Å². The fourth-order valence-electron chi connectivity index (χ4n) is 2.35. The summed E-state index contributed by atoms with van der Waals surface area (Å²) in [4.78, 5) is 2.14. The molecule has 20 heavy (non-hydrogen) atoms. The zero-order valence-corrected chi connectivity index (χ0v) is 12.1. The van der Waals surface area contributed by atoms with E-state index in [1.165, 1.54) is 5.56 Å². The van der Waals surface area contributed by atoms with Crippen LogP contribution in [-0.2, 0) is 6.54 Å². The first-order chi connectivity index (χ1) is 9.74. The number of aromatic nitrogens is 2. The number of nitrogens with zero attached hydrogens (tertiary/aromatic N) is 3. The summed E-state index contributed by atoms with van der Waals surface area (Å²) in [5.74, 6) is 0. The molecule has 0 fully saturated rings. The molecule has 2 aromatic rings. The molecule has 104 valence electrons. The predicted molar refractivity (Wildman–Crippen MR) is 79.9 cm³/mol. The minimum Gasteiger partial charge on any atom is -0.286 e. The number of rotatable bonds is 6. The summed E-state index contributed by atoms with van der Waals surface area (Å²) in [6.07, 6.45) is 2.90. The van der Waals surface area contributed by atoms with Crippen LogP contribution in [0.25, 0.3) is 11.3 Å². The highest BCUT2D eigenvalue weighted by Crippen LogP contribution is 2.23. The first-order valence-electron chi connectivity index (χ1n) is 6.93. The minimum atomic E-state index is 0.451. The van der Waals surface area contributed by atoms with Crippen molar-refractivity contribution in [3.05, 3.63) is 41.6 Å². The highest BCUT2D eigenvalue weighted by Gasteiger charge is 2.11. The Hall–Kier alpha value is -2.12. The van der Waals surface area contributed by atoms with Crippen LogP contribution in [-0.4, -0.2) is 28.2 Å². The van der Waals surface area contributed by atoms with Crippen molar-refractivity contribution in [2.24, 2.45) is 0 Å². The lowest BCUT2D eigenvalue weighted by atomic mass is 10.1. The summed E-state index contributed by atoms with van der Waals surface area (Å²) in [6, 6.07) is 10.6. The average Bonchev–Trinajstić information content (AvgIpc) is 2.87. The van der Waals surface area contributed by atoms with Crippen LogP contribution >= 0.6 is 0 Å². The van der Waals surface area contributed by atoms with Crippen LogP contribution in [0.5, 0.6) is 0 Å². The van der Waals surface area contributed by atoms with Gasteiger partial charge in [0.2, 0.25) is 0 Å². The van der Waals surface area contributed by atoms with Crippen molar-refractivity contribution in [1.29, 1.82) is 5.26 Å². The zero-order valence-electron chi connectivity index (χ0n) is 12.1. The summed E-state index contributed by atoms with van der Waals surface area (Å²) >= 11 is 0. The summed E-state index contributed by atoms with van der Waals surface area (Å²) in [5, 5.41) is 16.1. The van der Waals surface area contributed by atoms with Gasteiger partial charge in [-0.2, -0.15) is 10.4 Å². The first kappa shape index (κ1) is 14.3. The van der Waals surface area contributed by atoms with E-state index in [-0.39, 0.29) is 0 Å². The minimum absolute atomic E-state index is 0.451. The number of hydrogen-bond acceptors (Lipinski definition) is 3. The van der Waals surface area contributed by atoms with Gasteiger partial charge in [0.25, 0.3) is 0 Å². The van der Waals surface area contributed by atoms with Gasteiger partial charge in [0.15, 0.2) is 0 Å². The van der Waals surface area contributed by atoms with Crippen LogP contribution in [0.4, 0.5) is 0 Å². The molecular formula is C16H20N4. The molecule has 4 heteroatoms. The van der Waals surface area contributed by atoms with Gasteiger partial charge in [-0.1, -0.05) is 30.7 Å². The third-order valence-electron chi connectivity index (χ3n) is 3.25. The Morgan fingerprint density at radius 3 is 2.95 bits per heavy atom. The molecule has 0 aliphatic carbocycles. The normalized spacial score (nSPS) is 10.7. The number of aryl methyl sites for hydroxylation is 1. The molecule has 0 spiro atoms. The molecule has 0 radical (unpaired) electrons. The molecule has 0 unspecified atom stereocenters. The average molecular weight is 268 g/mol. The van der Waals surface area contributed by atoms with Gasteiger partial charge in [-0.05, 0) is 26.0 Å². The second kappa shape index (κ2) is 6.88. The highest BCUT2D eigenvalue weighted by atomic mass is 15.1. The van der Waals surface area contributed by atoms with E-state index in [0.717, 1.165) is 36.3 Å². The molecule has 4 nitrogen and oxygen atoms in total. The van der Waals surface area contributed by atoms with E-state index in [0.29, 0.717) is 6.54 Å². The third-order valence-corrected chi connectivity index (χ3v) is 3.25. The van der Waals surface area contributed by atoms with E-state index in [1.807, 2.05) is 12.3 Å². The maximum absolute atomic E-state index is 8.90. The monoisotopic (exact) mass is 268 g/mol. The van der Waals surface area contributed by atoms with E-state index in [1.54, 1.807) is 0 Å². The second-order valence-electron chi connectivity index (χ2n) is 5.01. The SMILES string of the molecule is CCCN(CC#N)Cc1cn[nH]c1-c1cccc(C)c1. The molecule has 1 N–H and O–H groups in total. The molecule has 1 aromatic heterocycles. The quantitative estimate of drug-likeness (QED) is 0.819. The van der Waals surface area contributed by atoms with Crippen LogP contribution in [0, 0.1) is 18.3 Å². The second-order valence-corrected chi connectivity index (χ2v) is 5.01. The van der Waals surface area contributed by atoms with Crippen molar-refractivity contribution in [3.8, 4) is 17.3 Å². The molecule has 1 heterocycles. The fraction of sp³-hybridized carbons (Fsp3) is 0.375. The van der Waals surface area contributed by atoms with Crippen LogP contribution in [0.2, 0.25) is 0 Å². The number of nitrogens with one attached hydrogen (secondary N) is 1. The van der Waals surface area contributed by atoms with Crippen molar-refractivity contribution in [1.82, 2.24) is 15.1 Å². The molecule has 0 amide bonds. The summed E-state index contributed by atoms with van der Waals surface area (Å²) in [6.45, 7) is 6.33. The Labute approximate surface area is 120 Å². The van der Waals surface area contributed by atoms with Gasteiger partial charge in [-0.3, -0.25) is 10.00 Å². The smallest absolute Gasteiger partial charge is 0.0868 e. The Kier molecular flexibility index (Phi) is 4.91. The van der Waals surface area contributed by atoms with E-state index in [4.69, 9.17) is 5.26 Å². The summed E-state index contributed by atoms with van der Waals surface area (Å²) in [7, 11) is 0. The maximum atomic E-state index is 8.90. The van der Waals surface area contributed by atoms with Crippen LogP contribution in [0.3, 0.4) is 0 Å². The van der Waals surface area contributed by atoms with Gasteiger partial charge in [-0.15, -0.1) is 0 Å². The Morgan fingerprint density at radius 2 is 2.25 bits per heavy atom. The maximum Gasteiger partial charge on any atom is 0.0868 e. The lowest BCUT2D eigenvalue weighted by Crippen LogP contribution is -2.24. The zero-order chi connectivity index (χ0) is 14.4. The third kappa shape index (κ3) is 3.46. The van der Waals surface area contributed by atoms with Gasteiger partial charge in [-0.25, -0.2) is 0 Å². The van der Waals surface area contributed by atoms with Crippen LogP contribution in [0.1, 0.15) is 24.5 Å². The van der Waals surface area contributed by atoms with Crippen LogP contribution < -0.4 is 0 Å². The number of hydrogen-bond donors (Lipinski definition) is 1. The molecule has 2 rings (SSSR count).